The molecule has 0 spiro atoms. The van der Waals surface area contributed by atoms with Crippen molar-refractivity contribution in [1.82, 2.24) is 0 Å². The fourth-order valence-electron chi connectivity index (χ4n) is 2.57. The fourth-order valence-corrected chi connectivity index (χ4v) is 2.57. The number of aliphatic hydroxyl groups is 1. The first kappa shape index (κ1) is 12.4. The average Bonchev–Trinajstić information content (AvgIpc) is 2.38. The Labute approximate surface area is 104 Å². The van der Waals surface area contributed by atoms with Crippen molar-refractivity contribution in [3.63, 3.8) is 0 Å². The van der Waals surface area contributed by atoms with Crippen LogP contribution >= 0.6 is 0 Å². The normalized spacial score (nSPS) is 20.5. The van der Waals surface area contributed by atoms with Gasteiger partial charge in [0.25, 0.3) is 0 Å². The molecule has 0 saturated heterocycles. The van der Waals surface area contributed by atoms with Gasteiger partial charge in [-0.3, -0.25) is 0 Å². The van der Waals surface area contributed by atoms with Crippen molar-refractivity contribution >= 4 is 0 Å². The Kier molecular flexibility index (Phi) is 4.43. The van der Waals surface area contributed by atoms with Crippen molar-refractivity contribution in [2.24, 2.45) is 0 Å². The maximum atomic E-state index is 10.3. The van der Waals surface area contributed by atoms with Gasteiger partial charge in [-0.1, -0.05) is 44.4 Å². The second kappa shape index (κ2) is 6.06. The molecule has 0 bridgehead atoms. The Balaban J connectivity index is 2.02. The topological polar surface area (TPSA) is 29.5 Å². The van der Waals surface area contributed by atoms with Gasteiger partial charge >= 0.3 is 0 Å². The number of fused-ring (bicyclic) bond motifs is 1. The highest BCUT2D eigenvalue weighted by Gasteiger charge is 2.26. The summed E-state index contributed by atoms with van der Waals surface area (Å²) in [6.07, 6.45) is 5.17. The van der Waals surface area contributed by atoms with E-state index in [0.29, 0.717) is 0 Å². The maximum absolute atomic E-state index is 10.3. The highest BCUT2D eigenvalue weighted by Crippen LogP contribution is 2.36. The quantitative estimate of drug-likeness (QED) is 0.790. The lowest BCUT2D eigenvalue weighted by Gasteiger charge is -2.29. The van der Waals surface area contributed by atoms with Crippen LogP contribution in [0.1, 0.15) is 50.5 Å². The van der Waals surface area contributed by atoms with Crippen LogP contribution in [0.5, 0.6) is 5.75 Å². The molecule has 1 aromatic rings. The summed E-state index contributed by atoms with van der Waals surface area (Å²) >= 11 is 0. The van der Waals surface area contributed by atoms with E-state index in [9.17, 15) is 5.11 Å². The van der Waals surface area contributed by atoms with Crippen molar-refractivity contribution in [3.8, 4) is 5.75 Å². The number of para-hydroxylation sites is 1. The van der Waals surface area contributed by atoms with Gasteiger partial charge in [0.1, 0.15) is 5.75 Å². The third kappa shape index (κ3) is 3.01. The van der Waals surface area contributed by atoms with Crippen LogP contribution in [-0.4, -0.2) is 17.8 Å². The summed E-state index contributed by atoms with van der Waals surface area (Å²) in [5, 5.41) is 10.3. The first-order valence-corrected chi connectivity index (χ1v) is 6.72. The molecule has 2 rings (SSSR count). The van der Waals surface area contributed by atoms with Crippen molar-refractivity contribution in [2.75, 3.05) is 6.61 Å². The SMILES string of the molecule is CCCCCC(O)C1CCOc2ccccc21. The van der Waals surface area contributed by atoms with Crippen LogP contribution in [0.2, 0.25) is 0 Å². The number of rotatable bonds is 5. The van der Waals surface area contributed by atoms with Crippen molar-refractivity contribution < 1.29 is 9.84 Å². The second-order valence-electron chi connectivity index (χ2n) is 4.84. The summed E-state index contributed by atoms with van der Waals surface area (Å²) in [5.41, 5.74) is 1.18. The number of hydrogen-bond donors (Lipinski definition) is 1. The van der Waals surface area contributed by atoms with Gasteiger partial charge < -0.3 is 9.84 Å². The Bertz CT molecular complexity index is 349. The van der Waals surface area contributed by atoms with Crippen LogP contribution in [0.25, 0.3) is 0 Å². The number of benzene rings is 1. The van der Waals surface area contributed by atoms with Gasteiger partial charge in [0.2, 0.25) is 0 Å². The average molecular weight is 234 g/mol. The Morgan fingerprint density at radius 3 is 3.00 bits per heavy atom. The summed E-state index contributed by atoms with van der Waals surface area (Å²) in [4.78, 5) is 0. The van der Waals surface area contributed by atoms with Crippen LogP contribution in [0.4, 0.5) is 0 Å². The lowest BCUT2D eigenvalue weighted by Crippen LogP contribution is -2.25. The van der Waals surface area contributed by atoms with E-state index < -0.39 is 0 Å². The fraction of sp³-hybridized carbons (Fsp3) is 0.600. The van der Waals surface area contributed by atoms with Gasteiger partial charge in [0, 0.05) is 5.92 Å². The highest BCUT2D eigenvalue weighted by atomic mass is 16.5. The van der Waals surface area contributed by atoms with Gasteiger partial charge in [-0.2, -0.15) is 0 Å². The van der Waals surface area contributed by atoms with Crippen LogP contribution in [-0.2, 0) is 0 Å². The lowest BCUT2D eigenvalue weighted by molar-refractivity contribution is 0.106. The van der Waals surface area contributed by atoms with E-state index in [2.05, 4.69) is 13.0 Å². The van der Waals surface area contributed by atoms with Crippen LogP contribution < -0.4 is 4.74 Å². The number of aliphatic hydroxyl groups excluding tert-OH is 1. The standard InChI is InChI=1S/C15H22O2/c1-2-3-4-8-14(16)12-10-11-17-15-9-6-5-7-13(12)15/h5-7,9,12,14,16H,2-4,8,10-11H2,1H3. The summed E-state index contributed by atoms with van der Waals surface area (Å²) < 4.78 is 5.62. The first-order chi connectivity index (χ1) is 8.33. The third-order valence-corrected chi connectivity index (χ3v) is 3.57. The molecule has 17 heavy (non-hydrogen) atoms. The van der Waals surface area contributed by atoms with E-state index in [1.54, 1.807) is 0 Å². The molecule has 2 atom stereocenters. The molecule has 1 aliphatic rings. The number of unbranched alkanes of at least 4 members (excludes halogenated alkanes) is 2. The van der Waals surface area contributed by atoms with Crippen molar-refractivity contribution in [2.45, 2.75) is 51.0 Å². The molecule has 94 valence electrons. The molecule has 0 aliphatic carbocycles. The zero-order valence-electron chi connectivity index (χ0n) is 10.6. The molecule has 2 unspecified atom stereocenters. The van der Waals surface area contributed by atoms with Crippen LogP contribution in [0, 0.1) is 0 Å². The molecule has 2 heteroatoms. The lowest BCUT2D eigenvalue weighted by atomic mass is 9.86. The molecule has 1 aliphatic heterocycles. The first-order valence-electron chi connectivity index (χ1n) is 6.72. The molecule has 0 fully saturated rings. The van der Waals surface area contributed by atoms with E-state index in [4.69, 9.17) is 4.74 Å². The van der Waals surface area contributed by atoms with Gasteiger partial charge in [-0.05, 0) is 24.5 Å². The zero-order valence-corrected chi connectivity index (χ0v) is 10.6. The minimum Gasteiger partial charge on any atom is -0.493 e. The number of hydrogen-bond acceptors (Lipinski definition) is 2. The van der Waals surface area contributed by atoms with E-state index in [0.717, 1.165) is 31.6 Å². The summed E-state index contributed by atoms with van der Waals surface area (Å²) in [7, 11) is 0. The van der Waals surface area contributed by atoms with Gasteiger partial charge in [0.15, 0.2) is 0 Å². The Morgan fingerprint density at radius 1 is 1.35 bits per heavy atom. The second-order valence-corrected chi connectivity index (χ2v) is 4.84. The molecule has 0 saturated carbocycles. The van der Waals surface area contributed by atoms with Crippen LogP contribution in [0.3, 0.4) is 0 Å². The molecule has 1 heterocycles. The van der Waals surface area contributed by atoms with Gasteiger partial charge in [0.05, 0.1) is 12.7 Å². The van der Waals surface area contributed by atoms with Gasteiger partial charge in [-0.25, -0.2) is 0 Å². The Morgan fingerprint density at radius 2 is 2.18 bits per heavy atom. The molecule has 0 radical (unpaired) electrons. The van der Waals surface area contributed by atoms with Crippen LogP contribution in [0.15, 0.2) is 24.3 Å². The van der Waals surface area contributed by atoms with Crippen molar-refractivity contribution in [3.05, 3.63) is 29.8 Å². The molecular weight excluding hydrogens is 212 g/mol. The largest absolute Gasteiger partial charge is 0.493 e. The molecule has 1 N–H and O–H groups in total. The highest BCUT2D eigenvalue weighted by molar-refractivity contribution is 5.38. The summed E-state index contributed by atoms with van der Waals surface area (Å²) in [6.45, 7) is 2.92. The maximum Gasteiger partial charge on any atom is 0.122 e. The minimum atomic E-state index is -0.216. The molecule has 2 nitrogen and oxygen atoms in total. The molecule has 0 amide bonds. The van der Waals surface area contributed by atoms with E-state index >= 15 is 0 Å². The summed E-state index contributed by atoms with van der Waals surface area (Å²) in [6, 6.07) is 8.10. The van der Waals surface area contributed by atoms with E-state index in [-0.39, 0.29) is 12.0 Å². The van der Waals surface area contributed by atoms with E-state index in [1.807, 2.05) is 18.2 Å². The molecule has 1 aromatic carbocycles. The minimum absolute atomic E-state index is 0.216. The molecule has 0 aromatic heterocycles. The Hall–Kier alpha value is -1.02. The molecular formula is C15H22O2. The smallest absolute Gasteiger partial charge is 0.122 e. The van der Waals surface area contributed by atoms with E-state index in [1.165, 1.54) is 18.4 Å². The zero-order chi connectivity index (χ0) is 12.1. The third-order valence-electron chi connectivity index (χ3n) is 3.57. The predicted octanol–water partition coefficient (Wildman–Crippen LogP) is 3.49. The number of ether oxygens (including phenoxy) is 1. The summed E-state index contributed by atoms with van der Waals surface area (Å²) in [5.74, 6) is 1.22. The predicted molar refractivity (Wildman–Crippen MR) is 69.4 cm³/mol. The monoisotopic (exact) mass is 234 g/mol. The van der Waals surface area contributed by atoms with Gasteiger partial charge in [-0.15, -0.1) is 0 Å². The van der Waals surface area contributed by atoms with Crippen molar-refractivity contribution in [1.29, 1.82) is 0 Å².